The van der Waals surface area contributed by atoms with Crippen LogP contribution in [0, 0.1) is 5.92 Å². The van der Waals surface area contributed by atoms with E-state index in [0.29, 0.717) is 43.9 Å². The number of piperidine rings is 1. The highest BCUT2D eigenvalue weighted by atomic mass is 16.5. The maximum atomic E-state index is 13.0. The Morgan fingerprint density at radius 3 is 2.52 bits per heavy atom. The van der Waals surface area contributed by atoms with Crippen molar-refractivity contribution in [1.29, 1.82) is 0 Å². The fourth-order valence-corrected chi connectivity index (χ4v) is 3.70. The van der Waals surface area contributed by atoms with Gasteiger partial charge in [0.2, 0.25) is 0 Å². The normalized spacial score (nSPS) is 15.2. The van der Waals surface area contributed by atoms with Crippen LogP contribution in [-0.4, -0.2) is 53.7 Å². The van der Waals surface area contributed by atoms with Gasteiger partial charge in [-0.15, -0.1) is 0 Å². The zero-order chi connectivity index (χ0) is 22.2. The number of rotatable bonds is 8. The fourth-order valence-electron chi connectivity index (χ4n) is 3.70. The first-order valence-corrected chi connectivity index (χ1v) is 10.4. The Morgan fingerprint density at radius 2 is 1.87 bits per heavy atom. The van der Waals surface area contributed by atoms with Crippen molar-refractivity contribution >= 4 is 23.7 Å². The van der Waals surface area contributed by atoms with E-state index >= 15 is 0 Å². The zero-order valence-corrected chi connectivity index (χ0v) is 17.5. The maximum absolute atomic E-state index is 13.0. The van der Waals surface area contributed by atoms with Gasteiger partial charge in [0.15, 0.2) is 0 Å². The summed E-state index contributed by atoms with van der Waals surface area (Å²) in [5, 5.41) is 12.2. The second kappa shape index (κ2) is 10.6. The molecule has 0 saturated carbocycles. The highest BCUT2D eigenvalue weighted by molar-refractivity contribution is 6.00. The lowest BCUT2D eigenvalue weighted by Crippen LogP contribution is -2.43. The highest BCUT2D eigenvalue weighted by Gasteiger charge is 2.29. The van der Waals surface area contributed by atoms with E-state index in [2.05, 4.69) is 10.3 Å². The summed E-state index contributed by atoms with van der Waals surface area (Å²) in [5.41, 5.74) is 1.14. The van der Waals surface area contributed by atoms with Crippen molar-refractivity contribution in [3.05, 3.63) is 59.8 Å². The number of pyridine rings is 1. The van der Waals surface area contributed by atoms with E-state index in [9.17, 15) is 19.5 Å². The summed E-state index contributed by atoms with van der Waals surface area (Å²) in [7, 11) is 0. The third-order valence-corrected chi connectivity index (χ3v) is 5.33. The number of aliphatic carboxylic acids is 1. The summed E-state index contributed by atoms with van der Waals surface area (Å²) in [4.78, 5) is 43.0. The molecule has 1 aromatic carbocycles. The standard InChI is InChI=1S/C23H27N3O5/c1-2-31-23(30)17-10-13-26(14-11-17)20-18(9-6-12-24-20)21(27)25-19(22(28)29)15-16-7-4-3-5-8-16/h3-9,12,17,19H,2,10-11,13-15H2,1H3,(H,25,27)(H,28,29)/t19-/m0/s1. The minimum absolute atomic E-state index is 0.153. The molecule has 8 nitrogen and oxygen atoms in total. The summed E-state index contributed by atoms with van der Waals surface area (Å²) in [6.07, 6.45) is 3.01. The molecule has 1 saturated heterocycles. The van der Waals surface area contributed by atoms with Crippen LogP contribution in [0.1, 0.15) is 35.7 Å². The van der Waals surface area contributed by atoms with E-state index in [1.165, 1.54) is 0 Å². The quantitative estimate of drug-likeness (QED) is 0.625. The number of esters is 1. The first-order chi connectivity index (χ1) is 15.0. The van der Waals surface area contributed by atoms with Crippen LogP contribution < -0.4 is 10.2 Å². The Bertz CT molecular complexity index is 910. The minimum atomic E-state index is -1.10. The number of nitrogens with one attached hydrogen (secondary N) is 1. The van der Waals surface area contributed by atoms with Gasteiger partial charge in [-0.25, -0.2) is 9.78 Å². The number of hydrogen-bond acceptors (Lipinski definition) is 6. The molecule has 31 heavy (non-hydrogen) atoms. The average Bonchev–Trinajstić information content (AvgIpc) is 2.79. The van der Waals surface area contributed by atoms with E-state index in [-0.39, 0.29) is 18.3 Å². The molecule has 164 valence electrons. The summed E-state index contributed by atoms with van der Waals surface area (Å²) in [6, 6.07) is 11.4. The number of carboxylic acid groups (broad SMARTS) is 1. The third kappa shape index (κ3) is 5.81. The lowest BCUT2D eigenvalue weighted by molar-refractivity contribution is -0.148. The van der Waals surface area contributed by atoms with Crippen LogP contribution in [0.25, 0.3) is 0 Å². The molecule has 3 rings (SSSR count). The Hall–Kier alpha value is -3.42. The molecular formula is C23H27N3O5. The Kier molecular flexibility index (Phi) is 7.59. The second-order valence-electron chi connectivity index (χ2n) is 7.44. The van der Waals surface area contributed by atoms with Crippen LogP contribution in [-0.2, 0) is 20.7 Å². The van der Waals surface area contributed by atoms with Crippen molar-refractivity contribution in [3.8, 4) is 0 Å². The number of carboxylic acids is 1. The summed E-state index contributed by atoms with van der Waals surface area (Å²) >= 11 is 0. The molecule has 0 aliphatic carbocycles. The topological polar surface area (TPSA) is 109 Å². The molecule has 1 aliphatic rings. The number of ether oxygens (including phenoxy) is 1. The molecule has 1 aliphatic heterocycles. The van der Waals surface area contributed by atoms with Crippen LogP contribution in [0.15, 0.2) is 48.7 Å². The van der Waals surface area contributed by atoms with Gasteiger partial charge in [-0.2, -0.15) is 0 Å². The number of aromatic nitrogens is 1. The van der Waals surface area contributed by atoms with Crippen molar-refractivity contribution in [2.24, 2.45) is 5.92 Å². The number of amides is 1. The molecule has 2 heterocycles. The second-order valence-corrected chi connectivity index (χ2v) is 7.44. The van der Waals surface area contributed by atoms with Gasteiger partial charge in [0.25, 0.3) is 5.91 Å². The van der Waals surface area contributed by atoms with Crippen molar-refractivity contribution in [1.82, 2.24) is 10.3 Å². The molecule has 1 atom stereocenters. The largest absolute Gasteiger partial charge is 0.480 e. The highest BCUT2D eigenvalue weighted by Crippen LogP contribution is 2.25. The van der Waals surface area contributed by atoms with Crippen LogP contribution >= 0.6 is 0 Å². The summed E-state index contributed by atoms with van der Waals surface area (Å²) in [5.74, 6) is -1.44. The zero-order valence-electron chi connectivity index (χ0n) is 17.5. The molecule has 0 radical (unpaired) electrons. The SMILES string of the molecule is CCOC(=O)C1CCN(c2ncccc2C(=O)N[C@@H](Cc2ccccc2)C(=O)O)CC1. The number of hydrogen-bond donors (Lipinski definition) is 2. The van der Waals surface area contributed by atoms with Gasteiger partial charge in [0, 0.05) is 25.7 Å². The van der Waals surface area contributed by atoms with Crippen molar-refractivity contribution < 1.29 is 24.2 Å². The smallest absolute Gasteiger partial charge is 0.326 e. The first kappa shape index (κ1) is 22.3. The molecule has 2 aromatic rings. The monoisotopic (exact) mass is 425 g/mol. The fraction of sp³-hybridized carbons (Fsp3) is 0.391. The molecule has 1 fully saturated rings. The first-order valence-electron chi connectivity index (χ1n) is 10.4. The third-order valence-electron chi connectivity index (χ3n) is 5.33. The molecule has 0 unspecified atom stereocenters. The van der Waals surface area contributed by atoms with Crippen LogP contribution in [0.3, 0.4) is 0 Å². The van der Waals surface area contributed by atoms with Gasteiger partial charge in [-0.3, -0.25) is 9.59 Å². The lowest BCUT2D eigenvalue weighted by atomic mass is 9.96. The average molecular weight is 425 g/mol. The summed E-state index contributed by atoms with van der Waals surface area (Å²) in [6.45, 7) is 3.27. The van der Waals surface area contributed by atoms with Crippen molar-refractivity contribution in [2.45, 2.75) is 32.2 Å². The summed E-state index contributed by atoms with van der Waals surface area (Å²) < 4.78 is 5.11. The van der Waals surface area contributed by atoms with Gasteiger partial charge in [0.1, 0.15) is 11.9 Å². The molecule has 1 amide bonds. The number of carbonyl (C=O) groups excluding carboxylic acids is 2. The van der Waals surface area contributed by atoms with Crippen LogP contribution in [0.2, 0.25) is 0 Å². The Morgan fingerprint density at radius 1 is 1.16 bits per heavy atom. The lowest BCUT2D eigenvalue weighted by Gasteiger charge is -2.32. The predicted octanol–water partition coefficient (Wildman–Crippen LogP) is 2.29. The number of benzene rings is 1. The minimum Gasteiger partial charge on any atom is -0.480 e. The molecule has 2 N–H and O–H groups in total. The Labute approximate surface area is 181 Å². The maximum Gasteiger partial charge on any atom is 0.326 e. The van der Waals surface area contributed by atoms with Crippen LogP contribution in [0.4, 0.5) is 5.82 Å². The number of nitrogens with zero attached hydrogens (tertiary/aromatic N) is 2. The van der Waals surface area contributed by atoms with Gasteiger partial charge in [-0.05, 0) is 37.5 Å². The molecule has 0 bridgehead atoms. The van der Waals surface area contributed by atoms with E-state index in [1.54, 1.807) is 25.3 Å². The van der Waals surface area contributed by atoms with Crippen molar-refractivity contribution in [3.63, 3.8) is 0 Å². The van der Waals surface area contributed by atoms with E-state index in [0.717, 1.165) is 5.56 Å². The van der Waals surface area contributed by atoms with Crippen LogP contribution in [0.5, 0.6) is 0 Å². The van der Waals surface area contributed by atoms with Gasteiger partial charge >= 0.3 is 11.9 Å². The van der Waals surface area contributed by atoms with Crippen molar-refractivity contribution in [2.75, 3.05) is 24.6 Å². The van der Waals surface area contributed by atoms with Gasteiger partial charge in [-0.1, -0.05) is 30.3 Å². The van der Waals surface area contributed by atoms with E-state index < -0.39 is 17.9 Å². The molecule has 1 aromatic heterocycles. The van der Waals surface area contributed by atoms with Gasteiger partial charge in [0.05, 0.1) is 18.1 Å². The van der Waals surface area contributed by atoms with E-state index in [1.807, 2.05) is 35.2 Å². The number of anilines is 1. The Balaban J connectivity index is 1.70. The molecular weight excluding hydrogens is 398 g/mol. The molecule has 0 spiro atoms. The number of carbonyl (C=O) groups is 3. The molecule has 8 heteroatoms. The van der Waals surface area contributed by atoms with Gasteiger partial charge < -0.3 is 20.1 Å². The predicted molar refractivity (Wildman–Crippen MR) is 115 cm³/mol. The van der Waals surface area contributed by atoms with E-state index in [4.69, 9.17) is 4.74 Å².